The van der Waals surface area contributed by atoms with Gasteiger partial charge in [-0.15, -0.1) is 0 Å². The Balaban J connectivity index is 1.76. The van der Waals surface area contributed by atoms with Gasteiger partial charge in [0.15, 0.2) is 0 Å². The maximum Gasteiger partial charge on any atom is 0.240 e. The molecular formula is C21H27ClN2O3S. The molecule has 0 aliphatic carbocycles. The van der Waals surface area contributed by atoms with Crippen LogP contribution in [0.4, 0.5) is 0 Å². The van der Waals surface area contributed by atoms with Crippen molar-refractivity contribution in [2.75, 3.05) is 13.1 Å². The lowest BCUT2D eigenvalue weighted by atomic mass is 9.87. The van der Waals surface area contributed by atoms with Crippen LogP contribution >= 0.6 is 11.6 Å². The van der Waals surface area contributed by atoms with Gasteiger partial charge >= 0.3 is 0 Å². The van der Waals surface area contributed by atoms with Crippen LogP contribution in [-0.2, 0) is 26.7 Å². The van der Waals surface area contributed by atoms with E-state index in [0.717, 1.165) is 11.1 Å². The van der Waals surface area contributed by atoms with E-state index in [4.69, 9.17) is 11.6 Å². The van der Waals surface area contributed by atoms with Crippen LogP contribution < -0.4 is 10.0 Å². The van der Waals surface area contributed by atoms with Crippen molar-refractivity contribution in [3.8, 4) is 0 Å². The van der Waals surface area contributed by atoms with Crippen LogP contribution in [-0.4, -0.2) is 27.4 Å². The first-order chi connectivity index (χ1) is 13.1. The summed E-state index contributed by atoms with van der Waals surface area (Å²) in [5.74, 6) is -0.195. The average molecular weight is 423 g/mol. The molecule has 0 atom stereocenters. The summed E-state index contributed by atoms with van der Waals surface area (Å²) in [6.45, 7) is 6.75. The number of carbonyl (C=O) groups excluding carboxylic acids is 1. The summed E-state index contributed by atoms with van der Waals surface area (Å²) < 4.78 is 27.2. The quantitative estimate of drug-likeness (QED) is 0.681. The topological polar surface area (TPSA) is 75.3 Å². The number of rotatable bonds is 8. The van der Waals surface area contributed by atoms with Gasteiger partial charge in [-0.1, -0.05) is 56.6 Å². The van der Waals surface area contributed by atoms with Crippen LogP contribution in [0.15, 0.2) is 53.4 Å². The van der Waals surface area contributed by atoms with Crippen molar-refractivity contribution in [3.05, 3.63) is 64.7 Å². The molecular weight excluding hydrogens is 396 g/mol. The molecule has 1 amide bonds. The zero-order valence-electron chi connectivity index (χ0n) is 16.5. The zero-order valence-corrected chi connectivity index (χ0v) is 18.0. The van der Waals surface area contributed by atoms with Crippen LogP contribution in [0.25, 0.3) is 0 Å². The molecule has 0 aromatic heterocycles. The highest BCUT2D eigenvalue weighted by Gasteiger charge is 2.17. The minimum Gasteiger partial charge on any atom is -0.356 e. The Hall–Kier alpha value is -1.89. The summed E-state index contributed by atoms with van der Waals surface area (Å²) >= 11 is 5.84. The molecule has 0 aliphatic heterocycles. The molecule has 152 valence electrons. The highest BCUT2D eigenvalue weighted by Crippen LogP contribution is 2.23. The third-order valence-corrected chi connectivity index (χ3v) is 6.05. The van der Waals surface area contributed by atoms with E-state index < -0.39 is 10.0 Å². The Morgan fingerprint density at radius 1 is 0.964 bits per heavy atom. The molecule has 2 N–H and O–H groups in total. The van der Waals surface area contributed by atoms with Gasteiger partial charge in [0.05, 0.1) is 4.90 Å². The fraction of sp³-hybridized carbons (Fsp3) is 0.381. The van der Waals surface area contributed by atoms with E-state index in [9.17, 15) is 13.2 Å². The van der Waals surface area contributed by atoms with Gasteiger partial charge in [0, 0.05) is 24.5 Å². The third kappa shape index (κ3) is 6.93. The van der Waals surface area contributed by atoms with E-state index in [1.54, 1.807) is 12.1 Å². The molecule has 28 heavy (non-hydrogen) atoms. The zero-order chi connectivity index (χ0) is 20.8. The van der Waals surface area contributed by atoms with Crippen LogP contribution in [0.3, 0.4) is 0 Å². The van der Waals surface area contributed by atoms with E-state index >= 15 is 0 Å². The lowest BCUT2D eigenvalue weighted by molar-refractivity contribution is -0.120. The number of hydrogen-bond donors (Lipinski definition) is 2. The van der Waals surface area contributed by atoms with Crippen LogP contribution in [0.5, 0.6) is 0 Å². The lowest BCUT2D eigenvalue weighted by Gasteiger charge is -2.19. The van der Waals surface area contributed by atoms with Crippen molar-refractivity contribution in [1.82, 2.24) is 10.0 Å². The molecule has 0 radical (unpaired) electrons. The predicted octanol–water partition coefficient (Wildman–Crippen LogP) is 3.66. The third-order valence-electron chi connectivity index (χ3n) is 4.32. The van der Waals surface area contributed by atoms with Crippen molar-refractivity contribution in [3.63, 3.8) is 0 Å². The highest BCUT2D eigenvalue weighted by atomic mass is 35.5. The normalized spacial score (nSPS) is 12.0. The molecule has 0 saturated heterocycles. The SMILES string of the molecule is CC(C)(C)c1ccc(S(=O)(=O)NCCC(=O)NCCc2ccc(Cl)cc2)cc1. The van der Waals surface area contributed by atoms with Crippen LogP contribution in [0.2, 0.25) is 5.02 Å². The number of carbonyl (C=O) groups is 1. The number of sulfonamides is 1. The molecule has 5 nitrogen and oxygen atoms in total. The number of amides is 1. The highest BCUT2D eigenvalue weighted by molar-refractivity contribution is 7.89. The Morgan fingerprint density at radius 2 is 1.57 bits per heavy atom. The first-order valence-electron chi connectivity index (χ1n) is 9.19. The Labute approximate surface area is 172 Å². The van der Waals surface area contributed by atoms with E-state index in [1.165, 1.54) is 0 Å². The second-order valence-corrected chi connectivity index (χ2v) is 9.85. The van der Waals surface area contributed by atoms with Gasteiger partial charge in [-0.3, -0.25) is 4.79 Å². The second kappa shape index (κ2) is 9.54. The minimum absolute atomic E-state index is 0.0418. The molecule has 7 heteroatoms. The molecule has 0 spiro atoms. The molecule has 0 unspecified atom stereocenters. The van der Waals surface area contributed by atoms with Crippen molar-refractivity contribution in [2.24, 2.45) is 0 Å². The largest absolute Gasteiger partial charge is 0.356 e. The van der Waals surface area contributed by atoms with E-state index in [-0.39, 0.29) is 29.2 Å². The summed E-state index contributed by atoms with van der Waals surface area (Å²) in [7, 11) is -3.63. The summed E-state index contributed by atoms with van der Waals surface area (Å²) in [6, 6.07) is 14.3. The molecule has 2 rings (SSSR count). The van der Waals surface area contributed by atoms with Gasteiger partial charge in [-0.05, 0) is 47.2 Å². The molecule has 0 heterocycles. The van der Waals surface area contributed by atoms with Gasteiger partial charge in [0.25, 0.3) is 0 Å². The van der Waals surface area contributed by atoms with Gasteiger partial charge in [0.2, 0.25) is 15.9 Å². The first kappa shape index (κ1) is 22.4. The van der Waals surface area contributed by atoms with Crippen LogP contribution in [0.1, 0.15) is 38.3 Å². The smallest absolute Gasteiger partial charge is 0.240 e. The van der Waals surface area contributed by atoms with E-state index in [0.29, 0.717) is 18.0 Å². The van der Waals surface area contributed by atoms with Gasteiger partial charge in [-0.2, -0.15) is 0 Å². The molecule has 0 saturated carbocycles. The number of benzene rings is 2. The summed E-state index contributed by atoms with van der Waals surface area (Å²) in [4.78, 5) is 12.1. The van der Waals surface area contributed by atoms with Crippen molar-refractivity contribution in [1.29, 1.82) is 0 Å². The molecule has 2 aromatic rings. The number of nitrogens with one attached hydrogen (secondary N) is 2. The lowest BCUT2D eigenvalue weighted by Crippen LogP contribution is -2.31. The summed E-state index contributed by atoms with van der Waals surface area (Å²) in [6.07, 6.45) is 0.773. The Morgan fingerprint density at radius 3 is 2.14 bits per heavy atom. The van der Waals surface area contributed by atoms with Crippen molar-refractivity contribution >= 4 is 27.5 Å². The maximum absolute atomic E-state index is 12.3. The Bertz CT molecular complexity index is 887. The Kier molecular flexibility index (Phi) is 7.63. The van der Waals surface area contributed by atoms with Gasteiger partial charge in [0.1, 0.15) is 0 Å². The number of halogens is 1. The maximum atomic E-state index is 12.3. The van der Waals surface area contributed by atoms with Crippen molar-refractivity contribution < 1.29 is 13.2 Å². The summed E-state index contributed by atoms with van der Waals surface area (Å²) in [5.41, 5.74) is 2.09. The molecule has 2 aromatic carbocycles. The fourth-order valence-electron chi connectivity index (χ4n) is 2.60. The van der Waals surface area contributed by atoms with Crippen molar-refractivity contribution in [2.45, 2.75) is 43.9 Å². The van der Waals surface area contributed by atoms with E-state index in [1.807, 2.05) is 36.4 Å². The standard InChI is InChI=1S/C21H27ClN2O3S/c1-21(2,3)17-6-10-19(11-7-17)28(26,27)24-15-13-20(25)23-14-12-16-4-8-18(22)9-5-16/h4-11,24H,12-15H2,1-3H3,(H,23,25). The molecule has 0 aliphatic rings. The minimum atomic E-state index is -3.63. The fourth-order valence-corrected chi connectivity index (χ4v) is 3.76. The molecule has 0 bridgehead atoms. The second-order valence-electron chi connectivity index (χ2n) is 7.65. The average Bonchev–Trinajstić information content (AvgIpc) is 2.62. The molecule has 0 fully saturated rings. The number of hydrogen-bond acceptors (Lipinski definition) is 3. The van der Waals surface area contributed by atoms with Crippen LogP contribution in [0, 0.1) is 0 Å². The predicted molar refractivity (Wildman–Crippen MR) is 113 cm³/mol. The summed E-state index contributed by atoms with van der Waals surface area (Å²) in [5, 5.41) is 3.46. The first-order valence-corrected chi connectivity index (χ1v) is 11.1. The van der Waals surface area contributed by atoms with E-state index in [2.05, 4.69) is 30.8 Å². The monoisotopic (exact) mass is 422 g/mol. The van der Waals surface area contributed by atoms with Gasteiger partial charge < -0.3 is 5.32 Å². The van der Waals surface area contributed by atoms with Gasteiger partial charge in [-0.25, -0.2) is 13.1 Å².